The third-order valence-electron chi connectivity index (χ3n) is 3.12. The van der Waals surface area contributed by atoms with E-state index in [4.69, 9.17) is 4.74 Å². The van der Waals surface area contributed by atoms with Gasteiger partial charge in [0.05, 0.1) is 6.61 Å². The SMILES string of the molecule is CCOCCNC(=NCc1nnc(C)n1C)NCCCSC. The van der Waals surface area contributed by atoms with Crippen LogP contribution in [0.3, 0.4) is 0 Å². The Kier molecular flexibility index (Phi) is 9.65. The van der Waals surface area contributed by atoms with Crippen LogP contribution in [0.1, 0.15) is 25.0 Å². The molecule has 0 amide bonds. The van der Waals surface area contributed by atoms with E-state index in [1.165, 1.54) is 0 Å². The van der Waals surface area contributed by atoms with Crippen LogP contribution in [-0.2, 0) is 18.3 Å². The molecule has 1 rings (SSSR count). The molecule has 1 aromatic heterocycles. The Bertz CT molecular complexity index is 435. The van der Waals surface area contributed by atoms with E-state index in [2.05, 4.69) is 32.1 Å². The first-order valence-electron chi connectivity index (χ1n) is 7.62. The maximum absolute atomic E-state index is 5.34. The van der Waals surface area contributed by atoms with Crippen LogP contribution >= 0.6 is 11.8 Å². The number of aliphatic imine (C=N–C) groups is 1. The Morgan fingerprint density at radius 2 is 2.09 bits per heavy atom. The van der Waals surface area contributed by atoms with E-state index >= 15 is 0 Å². The van der Waals surface area contributed by atoms with Crippen molar-refractivity contribution >= 4 is 17.7 Å². The molecule has 0 radical (unpaired) electrons. The van der Waals surface area contributed by atoms with E-state index in [-0.39, 0.29) is 0 Å². The molecule has 1 heterocycles. The highest BCUT2D eigenvalue weighted by atomic mass is 32.2. The van der Waals surface area contributed by atoms with Crippen molar-refractivity contribution in [1.82, 2.24) is 25.4 Å². The summed E-state index contributed by atoms with van der Waals surface area (Å²) in [5.41, 5.74) is 0. The van der Waals surface area contributed by atoms with Crippen LogP contribution in [0.25, 0.3) is 0 Å². The molecule has 0 spiro atoms. The lowest BCUT2D eigenvalue weighted by atomic mass is 10.5. The second-order valence-electron chi connectivity index (χ2n) is 4.78. The molecule has 0 aliphatic carbocycles. The zero-order chi connectivity index (χ0) is 16.2. The molecule has 0 unspecified atom stereocenters. The first kappa shape index (κ1) is 18.8. The molecule has 8 heteroatoms. The van der Waals surface area contributed by atoms with Crippen LogP contribution in [0, 0.1) is 6.92 Å². The summed E-state index contributed by atoms with van der Waals surface area (Å²) < 4.78 is 7.29. The fourth-order valence-corrected chi connectivity index (χ4v) is 2.16. The molecule has 0 aliphatic rings. The van der Waals surface area contributed by atoms with Crippen molar-refractivity contribution in [2.75, 3.05) is 38.3 Å². The van der Waals surface area contributed by atoms with Gasteiger partial charge in [0.2, 0.25) is 0 Å². The van der Waals surface area contributed by atoms with Gasteiger partial charge in [-0.2, -0.15) is 11.8 Å². The fourth-order valence-electron chi connectivity index (χ4n) is 1.72. The predicted octanol–water partition coefficient (Wildman–Crippen LogP) is 0.948. The third kappa shape index (κ3) is 7.13. The van der Waals surface area contributed by atoms with E-state index in [1.807, 2.05) is 37.2 Å². The number of aryl methyl sites for hydroxylation is 1. The van der Waals surface area contributed by atoms with Crippen molar-refractivity contribution < 1.29 is 4.74 Å². The van der Waals surface area contributed by atoms with Gasteiger partial charge in [0, 0.05) is 26.7 Å². The lowest BCUT2D eigenvalue weighted by molar-refractivity contribution is 0.152. The van der Waals surface area contributed by atoms with Crippen LogP contribution in [0.2, 0.25) is 0 Å². The highest BCUT2D eigenvalue weighted by Gasteiger charge is 2.05. The van der Waals surface area contributed by atoms with Gasteiger partial charge in [0.25, 0.3) is 0 Å². The van der Waals surface area contributed by atoms with Gasteiger partial charge in [-0.15, -0.1) is 10.2 Å². The van der Waals surface area contributed by atoms with Gasteiger partial charge in [0.1, 0.15) is 12.4 Å². The molecule has 0 atom stereocenters. The quantitative estimate of drug-likeness (QED) is 0.378. The molecule has 126 valence electrons. The standard InChI is InChI=1S/C14H28N6OS/c1-5-21-9-8-16-14(15-7-6-10-22-4)17-11-13-19-18-12(2)20(13)3/h5-11H2,1-4H3,(H2,15,16,17). The Hall–Kier alpha value is -1.28. The van der Waals surface area contributed by atoms with Gasteiger partial charge < -0.3 is 19.9 Å². The molecule has 22 heavy (non-hydrogen) atoms. The first-order chi connectivity index (χ1) is 10.7. The number of nitrogens with zero attached hydrogens (tertiary/aromatic N) is 4. The summed E-state index contributed by atoms with van der Waals surface area (Å²) in [5.74, 6) is 3.68. The average molecular weight is 328 g/mol. The van der Waals surface area contributed by atoms with Crippen molar-refractivity contribution in [3.63, 3.8) is 0 Å². The van der Waals surface area contributed by atoms with Crippen molar-refractivity contribution in [2.24, 2.45) is 12.0 Å². The Morgan fingerprint density at radius 3 is 2.73 bits per heavy atom. The normalized spacial score (nSPS) is 11.7. The fraction of sp³-hybridized carbons (Fsp3) is 0.786. The summed E-state index contributed by atoms with van der Waals surface area (Å²) in [5, 5.41) is 14.8. The van der Waals surface area contributed by atoms with E-state index in [1.54, 1.807) is 0 Å². The summed E-state index contributed by atoms with van der Waals surface area (Å²) in [7, 11) is 1.95. The molecule has 0 bridgehead atoms. The van der Waals surface area contributed by atoms with Crippen molar-refractivity contribution in [3.05, 3.63) is 11.6 Å². The number of thioether (sulfide) groups is 1. The topological polar surface area (TPSA) is 76.4 Å². The highest BCUT2D eigenvalue weighted by molar-refractivity contribution is 7.98. The second kappa shape index (κ2) is 11.3. The number of guanidine groups is 1. The molecule has 7 nitrogen and oxygen atoms in total. The minimum Gasteiger partial charge on any atom is -0.380 e. The van der Waals surface area contributed by atoms with E-state index in [9.17, 15) is 0 Å². The zero-order valence-corrected chi connectivity index (χ0v) is 14.9. The summed E-state index contributed by atoms with van der Waals surface area (Å²) >= 11 is 1.85. The van der Waals surface area contributed by atoms with Crippen LogP contribution in [0.15, 0.2) is 4.99 Å². The van der Waals surface area contributed by atoms with Gasteiger partial charge in [-0.05, 0) is 32.3 Å². The van der Waals surface area contributed by atoms with Gasteiger partial charge in [-0.1, -0.05) is 0 Å². The lowest BCUT2D eigenvalue weighted by Gasteiger charge is -2.12. The molecule has 1 aromatic rings. The smallest absolute Gasteiger partial charge is 0.191 e. The zero-order valence-electron chi connectivity index (χ0n) is 14.1. The minimum atomic E-state index is 0.504. The summed E-state index contributed by atoms with van der Waals surface area (Å²) in [6.45, 7) is 7.47. The molecule has 0 saturated heterocycles. The predicted molar refractivity (Wildman–Crippen MR) is 92.4 cm³/mol. The van der Waals surface area contributed by atoms with Crippen molar-refractivity contribution in [3.8, 4) is 0 Å². The largest absolute Gasteiger partial charge is 0.380 e. The summed E-state index contributed by atoms with van der Waals surface area (Å²) in [4.78, 5) is 4.57. The number of aromatic nitrogens is 3. The average Bonchev–Trinajstić information content (AvgIpc) is 2.84. The number of hydrogen-bond donors (Lipinski definition) is 2. The van der Waals surface area contributed by atoms with Gasteiger partial charge in [-0.25, -0.2) is 4.99 Å². The molecular formula is C14H28N6OS. The second-order valence-corrected chi connectivity index (χ2v) is 5.77. The first-order valence-corrected chi connectivity index (χ1v) is 9.02. The van der Waals surface area contributed by atoms with Crippen LogP contribution in [0.5, 0.6) is 0 Å². The number of ether oxygens (including phenoxy) is 1. The highest BCUT2D eigenvalue weighted by Crippen LogP contribution is 1.99. The molecule has 0 fully saturated rings. The van der Waals surface area contributed by atoms with Crippen LogP contribution < -0.4 is 10.6 Å². The van der Waals surface area contributed by atoms with Gasteiger partial charge in [0.15, 0.2) is 11.8 Å². The van der Waals surface area contributed by atoms with Gasteiger partial charge >= 0.3 is 0 Å². The molecular weight excluding hydrogens is 300 g/mol. The van der Waals surface area contributed by atoms with E-state index in [0.717, 1.165) is 49.5 Å². The van der Waals surface area contributed by atoms with Crippen LogP contribution in [0.4, 0.5) is 0 Å². The number of nitrogens with one attached hydrogen (secondary N) is 2. The molecule has 0 saturated carbocycles. The third-order valence-corrected chi connectivity index (χ3v) is 3.82. The van der Waals surface area contributed by atoms with E-state index in [0.29, 0.717) is 13.2 Å². The molecule has 0 aliphatic heterocycles. The number of hydrogen-bond acceptors (Lipinski definition) is 5. The minimum absolute atomic E-state index is 0.504. The van der Waals surface area contributed by atoms with Crippen molar-refractivity contribution in [2.45, 2.75) is 26.8 Å². The van der Waals surface area contributed by atoms with Crippen molar-refractivity contribution in [1.29, 1.82) is 0 Å². The summed E-state index contributed by atoms with van der Waals surface area (Å²) in [6, 6.07) is 0. The summed E-state index contributed by atoms with van der Waals surface area (Å²) in [6.07, 6.45) is 3.22. The Morgan fingerprint density at radius 1 is 1.32 bits per heavy atom. The monoisotopic (exact) mass is 328 g/mol. The van der Waals surface area contributed by atoms with E-state index < -0.39 is 0 Å². The molecule has 0 aromatic carbocycles. The Balaban J connectivity index is 2.50. The maximum atomic E-state index is 5.34. The lowest BCUT2D eigenvalue weighted by Crippen LogP contribution is -2.39. The number of rotatable bonds is 10. The van der Waals surface area contributed by atoms with Gasteiger partial charge in [-0.3, -0.25) is 0 Å². The van der Waals surface area contributed by atoms with Crippen LogP contribution in [-0.4, -0.2) is 59.0 Å². The Labute approximate surface area is 137 Å². The molecule has 2 N–H and O–H groups in total. The maximum Gasteiger partial charge on any atom is 0.191 e.